The molecule has 172 valence electrons. The van der Waals surface area contributed by atoms with Crippen LogP contribution in [0.2, 0.25) is 0 Å². The number of aliphatic hydroxyl groups is 1. The van der Waals surface area contributed by atoms with Gasteiger partial charge in [-0.15, -0.1) is 0 Å². The van der Waals surface area contributed by atoms with Crippen LogP contribution in [-0.4, -0.2) is 54.9 Å². The lowest BCUT2D eigenvalue weighted by atomic mass is 9.85. The Morgan fingerprint density at radius 1 is 1.15 bits per heavy atom. The third-order valence-corrected chi connectivity index (χ3v) is 7.02. The summed E-state index contributed by atoms with van der Waals surface area (Å²) in [5.41, 5.74) is 1.67. The highest BCUT2D eigenvalue weighted by Crippen LogP contribution is 2.40. The van der Waals surface area contributed by atoms with Crippen molar-refractivity contribution >= 4 is 23.0 Å². The highest BCUT2D eigenvalue weighted by Gasteiger charge is 2.50. The highest BCUT2D eigenvalue weighted by atomic mass is 16.3. The van der Waals surface area contributed by atoms with Crippen LogP contribution in [0.1, 0.15) is 64.8 Å². The first-order chi connectivity index (χ1) is 16.0. The summed E-state index contributed by atoms with van der Waals surface area (Å²) in [6, 6.07) is 8.53. The second-order valence-corrected chi connectivity index (χ2v) is 9.03. The molecule has 2 aliphatic rings. The number of H-pyrrole nitrogens is 2. The van der Waals surface area contributed by atoms with E-state index < -0.39 is 5.54 Å². The van der Waals surface area contributed by atoms with Gasteiger partial charge in [0.05, 0.1) is 29.3 Å². The fourth-order valence-electron chi connectivity index (χ4n) is 5.38. The minimum absolute atomic E-state index is 0.113. The number of hydrogen-bond acceptors (Lipinski definition) is 5. The third kappa shape index (κ3) is 3.93. The minimum atomic E-state index is -0.488. The molecule has 2 unspecified atom stereocenters. The first kappa shape index (κ1) is 21.4. The molecule has 1 saturated heterocycles. The number of nitrogens with one attached hydrogen (secondary N) is 3. The average Bonchev–Trinajstić information content (AvgIpc) is 3.30. The van der Waals surface area contributed by atoms with E-state index in [1.807, 2.05) is 4.90 Å². The zero-order valence-corrected chi connectivity index (χ0v) is 18.3. The van der Waals surface area contributed by atoms with Crippen LogP contribution in [0.25, 0.3) is 11.2 Å². The van der Waals surface area contributed by atoms with Gasteiger partial charge in [-0.05, 0) is 43.0 Å². The van der Waals surface area contributed by atoms with Crippen LogP contribution in [0.15, 0.2) is 41.3 Å². The number of benzene rings is 1. The van der Waals surface area contributed by atoms with E-state index in [4.69, 9.17) is 0 Å². The lowest BCUT2D eigenvalue weighted by molar-refractivity contribution is 0.0659. The van der Waals surface area contributed by atoms with Crippen molar-refractivity contribution in [3.8, 4) is 0 Å². The fourth-order valence-corrected chi connectivity index (χ4v) is 5.38. The molecule has 1 aliphatic carbocycles. The van der Waals surface area contributed by atoms with Crippen LogP contribution < -0.4 is 11.0 Å². The molecule has 3 heterocycles. The van der Waals surface area contributed by atoms with Gasteiger partial charge in [-0.2, -0.15) is 0 Å². The number of imidazole rings is 1. The maximum absolute atomic E-state index is 13.5. The number of pyridine rings is 1. The summed E-state index contributed by atoms with van der Waals surface area (Å²) in [6.45, 7) is 0.421. The van der Waals surface area contributed by atoms with Gasteiger partial charge >= 0.3 is 5.69 Å². The molecule has 1 aromatic carbocycles. The number of amides is 2. The zero-order chi connectivity index (χ0) is 23.0. The number of hydrogen-bond donors (Lipinski definition) is 4. The van der Waals surface area contributed by atoms with E-state index in [2.05, 4.69) is 20.3 Å². The number of fused-ring (bicyclic) bond motifs is 2. The van der Waals surface area contributed by atoms with Gasteiger partial charge in [0.25, 0.3) is 11.8 Å². The monoisotopic (exact) mass is 449 g/mol. The summed E-state index contributed by atoms with van der Waals surface area (Å²) in [4.78, 5) is 49.5. The van der Waals surface area contributed by atoms with Crippen LogP contribution in [-0.2, 0) is 6.61 Å². The largest absolute Gasteiger partial charge is 0.392 e. The van der Waals surface area contributed by atoms with Crippen LogP contribution in [0.5, 0.6) is 0 Å². The van der Waals surface area contributed by atoms with Crippen molar-refractivity contribution in [3.05, 3.63) is 63.7 Å². The van der Waals surface area contributed by atoms with Crippen molar-refractivity contribution in [2.45, 2.75) is 56.7 Å². The molecule has 3 aromatic rings. The molecule has 1 aliphatic heterocycles. The van der Waals surface area contributed by atoms with E-state index in [0.717, 1.165) is 32.1 Å². The Hall–Kier alpha value is -3.46. The van der Waals surface area contributed by atoms with Crippen LogP contribution in [0.3, 0.4) is 0 Å². The predicted octanol–water partition coefficient (Wildman–Crippen LogP) is 2.09. The van der Waals surface area contributed by atoms with Crippen molar-refractivity contribution in [1.82, 2.24) is 25.2 Å². The number of aromatic nitrogens is 3. The van der Waals surface area contributed by atoms with Gasteiger partial charge in [0.2, 0.25) is 0 Å². The smallest absolute Gasteiger partial charge is 0.325 e. The van der Waals surface area contributed by atoms with E-state index in [1.165, 1.54) is 6.20 Å². The van der Waals surface area contributed by atoms with Gasteiger partial charge in [0.1, 0.15) is 0 Å². The molecule has 2 fully saturated rings. The lowest BCUT2D eigenvalue weighted by Crippen LogP contribution is -2.57. The number of likely N-dealkylation sites (tertiary alicyclic amines) is 1. The number of aliphatic hydroxyl groups excluding tert-OH is 1. The van der Waals surface area contributed by atoms with Gasteiger partial charge in [0.15, 0.2) is 5.65 Å². The second kappa shape index (κ2) is 8.47. The van der Waals surface area contributed by atoms with Gasteiger partial charge < -0.3 is 20.3 Å². The molecule has 2 amide bonds. The van der Waals surface area contributed by atoms with Crippen LogP contribution >= 0.6 is 0 Å². The number of rotatable bonds is 4. The molecule has 2 aromatic heterocycles. The maximum atomic E-state index is 13.5. The van der Waals surface area contributed by atoms with Crippen molar-refractivity contribution < 1.29 is 14.7 Å². The normalized spacial score (nSPS) is 22.7. The average molecular weight is 450 g/mol. The van der Waals surface area contributed by atoms with E-state index in [1.54, 1.807) is 30.3 Å². The summed E-state index contributed by atoms with van der Waals surface area (Å²) in [5, 5.41) is 12.7. The van der Waals surface area contributed by atoms with Gasteiger partial charge in [-0.25, -0.2) is 9.78 Å². The molecule has 1 saturated carbocycles. The van der Waals surface area contributed by atoms with Gasteiger partial charge in [-0.3, -0.25) is 14.6 Å². The number of nitrogens with zero attached hydrogens (tertiary/aromatic N) is 2. The number of carbonyl (C=O) groups is 2. The summed E-state index contributed by atoms with van der Waals surface area (Å²) in [6.07, 6.45) is 6.86. The van der Waals surface area contributed by atoms with Crippen molar-refractivity contribution in [3.63, 3.8) is 0 Å². The molecular formula is C24H27N5O4. The Morgan fingerprint density at radius 2 is 2.03 bits per heavy atom. The van der Waals surface area contributed by atoms with E-state index >= 15 is 0 Å². The number of carbonyl (C=O) groups excluding carboxylic acids is 2. The molecule has 9 heteroatoms. The third-order valence-electron chi connectivity index (χ3n) is 7.02. The van der Waals surface area contributed by atoms with Crippen molar-refractivity contribution in [2.24, 2.45) is 0 Å². The van der Waals surface area contributed by atoms with Crippen molar-refractivity contribution in [2.75, 3.05) is 6.54 Å². The molecule has 5 rings (SSSR count). The zero-order valence-electron chi connectivity index (χ0n) is 18.3. The molecule has 33 heavy (non-hydrogen) atoms. The standard InChI is InChI=1S/C24H27N5O4/c30-14-15-5-4-6-16(11-15)21(31)28-24-8-3-1-2-7-19(24)29(10-9-24)22(32)17-12-18-20(25-13-17)27-23(33)26-18/h4-6,11-13,19,30H,1-3,7-10,14H2,(H,28,31)(H2,25,26,27,33). The topological polar surface area (TPSA) is 131 Å². The Balaban J connectivity index is 1.42. The van der Waals surface area contributed by atoms with Gasteiger partial charge in [0, 0.05) is 18.3 Å². The van der Waals surface area contributed by atoms with Gasteiger partial charge in [-0.1, -0.05) is 31.4 Å². The van der Waals surface area contributed by atoms with E-state index in [9.17, 15) is 19.5 Å². The fraction of sp³-hybridized carbons (Fsp3) is 0.417. The summed E-state index contributed by atoms with van der Waals surface area (Å²) in [7, 11) is 0. The van der Waals surface area contributed by atoms with Crippen molar-refractivity contribution in [1.29, 1.82) is 0 Å². The first-order valence-electron chi connectivity index (χ1n) is 11.4. The van der Waals surface area contributed by atoms with Crippen LogP contribution in [0, 0.1) is 0 Å². The quantitative estimate of drug-likeness (QED) is 0.484. The molecule has 9 nitrogen and oxygen atoms in total. The molecular weight excluding hydrogens is 422 g/mol. The number of aromatic amines is 2. The molecule has 0 spiro atoms. The molecule has 2 atom stereocenters. The Bertz CT molecular complexity index is 1260. The molecule has 4 N–H and O–H groups in total. The Labute approximate surface area is 190 Å². The lowest BCUT2D eigenvalue weighted by Gasteiger charge is -2.38. The van der Waals surface area contributed by atoms with E-state index in [-0.39, 0.29) is 30.2 Å². The van der Waals surface area contributed by atoms with Crippen LogP contribution in [0.4, 0.5) is 0 Å². The molecule has 0 bridgehead atoms. The highest BCUT2D eigenvalue weighted by molar-refractivity contribution is 5.97. The Kier molecular flexibility index (Phi) is 5.49. The summed E-state index contributed by atoms with van der Waals surface area (Å²) < 4.78 is 0. The molecule has 0 radical (unpaired) electrons. The first-order valence-corrected chi connectivity index (χ1v) is 11.4. The predicted molar refractivity (Wildman–Crippen MR) is 122 cm³/mol. The summed E-state index contributed by atoms with van der Waals surface area (Å²) in [5.74, 6) is -0.323. The Morgan fingerprint density at radius 3 is 2.88 bits per heavy atom. The minimum Gasteiger partial charge on any atom is -0.392 e. The van der Waals surface area contributed by atoms with E-state index in [0.29, 0.717) is 40.8 Å². The maximum Gasteiger partial charge on any atom is 0.325 e. The SMILES string of the molecule is O=C(NC12CCCCCC1N(C(=O)c1cnc3[nH]c(=O)[nH]c3c1)CC2)c1cccc(CO)c1. The second-order valence-electron chi connectivity index (χ2n) is 9.03. The summed E-state index contributed by atoms with van der Waals surface area (Å²) >= 11 is 0.